The van der Waals surface area contributed by atoms with E-state index in [1.54, 1.807) is 0 Å². The van der Waals surface area contributed by atoms with Crippen molar-refractivity contribution >= 4 is 0 Å². The maximum Gasteiger partial charge on any atom is 0.0558 e. The lowest BCUT2D eigenvalue weighted by molar-refractivity contribution is 0.138. The molecule has 0 amide bonds. The van der Waals surface area contributed by atoms with E-state index in [-0.39, 0.29) is 26.4 Å². The average Bonchev–Trinajstić information content (AvgIpc) is 2.86. The Balaban J connectivity index is 1.87. The van der Waals surface area contributed by atoms with Crippen LogP contribution in [0.4, 0.5) is 0 Å². The summed E-state index contributed by atoms with van der Waals surface area (Å²) in [5.41, 5.74) is 3.76. The van der Waals surface area contributed by atoms with Gasteiger partial charge in [-0.25, -0.2) is 0 Å². The van der Waals surface area contributed by atoms with Crippen molar-refractivity contribution in [3.8, 4) is 0 Å². The highest BCUT2D eigenvalue weighted by atomic mass is 16.3. The molecule has 2 aromatic rings. The van der Waals surface area contributed by atoms with Gasteiger partial charge in [-0.1, -0.05) is 12.1 Å². The molecule has 4 bridgehead atoms. The van der Waals surface area contributed by atoms with Gasteiger partial charge in [0.25, 0.3) is 0 Å². The number of aromatic nitrogens is 2. The summed E-state index contributed by atoms with van der Waals surface area (Å²) in [6.45, 7) is 7.87. The molecule has 3 rings (SSSR count). The van der Waals surface area contributed by atoms with Crippen LogP contribution in [0, 0.1) is 0 Å². The quantitative estimate of drug-likeness (QED) is 0.371. The SMILES string of the molecule is OCCN1CCN(CCO)Cc2cccc(n2)CN(CCO)CCN(CCO)Cc2cccc(n2)C1. The third kappa shape index (κ3) is 9.79. The highest BCUT2D eigenvalue weighted by Crippen LogP contribution is 2.11. The van der Waals surface area contributed by atoms with Crippen molar-refractivity contribution in [2.45, 2.75) is 26.2 Å². The van der Waals surface area contributed by atoms with Gasteiger partial charge in [-0.05, 0) is 24.3 Å². The molecule has 3 heterocycles. The van der Waals surface area contributed by atoms with Gasteiger partial charge < -0.3 is 20.4 Å². The summed E-state index contributed by atoms with van der Waals surface area (Å²) in [4.78, 5) is 18.5. The van der Waals surface area contributed by atoms with Crippen LogP contribution in [0.3, 0.4) is 0 Å². The Hall–Kier alpha value is -2.02. The van der Waals surface area contributed by atoms with Gasteiger partial charge in [-0.2, -0.15) is 0 Å². The summed E-state index contributed by atoms with van der Waals surface area (Å²) >= 11 is 0. The predicted molar refractivity (Wildman–Crippen MR) is 138 cm³/mol. The van der Waals surface area contributed by atoms with Gasteiger partial charge in [0.1, 0.15) is 0 Å². The van der Waals surface area contributed by atoms with Crippen molar-refractivity contribution < 1.29 is 20.4 Å². The van der Waals surface area contributed by atoms with E-state index in [0.717, 1.165) is 49.0 Å². The largest absolute Gasteiger partial charge is 0.395 e. The lowest BCUT2D eigenvalue weighted by Gasteiger charge is -2.28. The van der Waals surface area contributed by atoms with Crippen molar-refractivity contribution in [2.75, 3.05) is 78.8 Å². The molecule has 0 unspecified atom stereocenters. The smallest absolute Gasteiger partial charge is 0.0558 e. The standard InChI is InChI=1S/C26H42N6O4/c33-15-11-29-7-9-31(13-17-35)21-25-5-2-6-26(28-25)22-32(14-18-36)10-8-30(12-16-34)20-24-4-1-3-23(19-29)27-24/h1-6,33-36H,7-22H2. The molecule has 0 spiro atoms. The zero-order valence-electron chi connectivity index (χ0n) is 21.2. The number of aliphatic hydroxyl groups is 4. The van der Waals surface area contributed by atoms with E-state index in [2.05, 4.69) is 19.6 Å². The Morgan fingerprint density at radius 2 is 0.722 bits per heavy atom. The summed E-state index contributed by atoms with van der Waals surface area (Å²) in [6, 6.07) is 12.1. The zero-order chi connectivity index (χ0) is 25.6. The van der Waals surface area contributed by atoms with Gasteiger partial charge in [-0.15, -0.1) is 0 Å². The second kappa shape index (κ2) is 16.0. The lowest BCUT2D eigenvalue weighted by Crippen LogP contribution is -2.38. The van der Waals surface area contributed by atoms with E-state index in [0.29, 0.717) is 52.4 Å². The van der Waals surface area contributed by atoms with Crippen molar-refractivity contribution in [1.82, 2.24) is 29.6 Å². The minimum atomic E-state index is 0.0674. The van der Waals surface area contributed by atoms with Crippen molar-refractivity contribution in [3.05, 3.63) is 59.2 Å². The highest BCUT2D eigenvalue weighted by molar-refractivity contribution is 5.13. The third-order valence-electron chi connectivity index (χ3n) is 6.40. The summed E-state index contributed by atoms with van der Waals surface area (Å²) in [5, 5.41) is 38.5. The number of hydrogen-bond donors (Lipinski definition) is 4. The minimum absolute atomic E-state index is 0.0674. The molecule has 1 aliphatic rings. The summed E-state index contributed by atoms with van der Waals surface area (Å²) in [6.07, 6.45) is 0. The fourth-order valence-corrected chi connectivity index (χ4v) is 4.54. The first-order valence-electron chi connectivity index (χ1n) is 12.9. The molecule has 10 heteroatoms. The second-order valence-electron chi connectivity index (χ2n) is 9.24. The second-order valence-corrected chi connectivity index (χ2v) is 9.24. The molecular formula is C26H42N6O4. The van der Waals surface area contributed by atoms with Gasteiger partial charge in [0.15, 0.2) is 0 Å². The molecule has 2 aromatic heterocycles. The van der Waals surface area contributed by atoms with Crippen molar-refractivity contribution in [2.24, 2.45) is 0 Å². The maximum atomic E-state index is 9.63. The molecule has 0 atom stereocenters. The molecule has 36 heavy (non-hydrogen) atoms. The molecule has 0 radical (unpaired) electrons. The summed E-state index contributed by atoms with van der Waals surface area (Å²) < 4.78 is 0. The van der Waals surface area contributed by atoms with Crippen LogP contribution in [0.5, 0.6) is 0 Å². The average molecular weight is 503 g/mol. The Morgan fingerprint density at radius 3 is 0.944 bits per heavy atom. The lowest BCUT2D eigenvalue weighted by atomic mass is 10.2. The zero-order valence-corrected chi connectivity index (χ0v) is 21.2. The molecule has 0 fully saturated rings. The summed E-state index contributed by atoms with van der Waals surface area (Å²) in [5.74, 6) is 0. The van der Waals surface area contributed by atoms with E-state index < -0.39 is 0 Å². The van der Waals surface area contributed by atoms with Gasteiger partial charge in [0.05, 0.1) is 49.2 Å². The first-order chi connectivity index (χ1) is 17.6. The van der Waals surface area contributed by atoms with Gasteiger partial charge in [0.2, 0.25) is 0 Å². The van der Waals surface area contributed by atoms with Crippen LogP contribution in [0.1, 0.15) is 22.8 Å². The Morgan fingerprint density at radius 1 is 0.472 bits per heavy atom. The van der Waals surface area contributed by atoms with E-state index in [9.17, 15) is 20.4 Å². The molecule has 0 saturated carbocycles. The number of β-amino-alcohol motifs (C(OH)–C–C–N with tert-alkyl or cyclic N) is 4. The molecule has 0 saturated heterocycles. The number of fused-ring (bicyclic) bond motifs is 4. The van der Waals surface area contributed by atoms with Crippen LogP contribution in [0.15, 0.2) is 36.4 Å². The molecular weight excluding hydrogens is 460 g/mol. The topological polar surface area (TPSA) is 120 Å². The molecule has 10 nitrogen and oxygen atoms in total. The first kappa shape index (κ1) is 28.5. The van der Waals surface area contributed by atoms with Gasteiger partial charge >= 0.3 is 0 Å². The summed E-state index contributed by atoms with van der Waals surface area (Å²) in [7, 11) is 0. The van der Waals surface area contributed by atoms with E-state index in [1.807, 2.05) is 36.4 Å². The van der Waals surface area contributed by atoms with Gasteiger partial charge in [0, 0.05) is 78.5 Å². The van der Waals surface area contributed by atoms with E-state index in [4.69, 9.17) is 9.97 Å². The van der Waals surface area contributed by atoms with Crippen LogP contribution in [0.2, 0.25) is 0 Å². The fraction of sp³-hybridized carbons (Fsp3) is 0.615. The van der Waals surface area contributed by atoms with Gasteiger partial charge in [-0.3, -0.25) is 29.6 Å². The van der Waals surface area contributed by atoms with Crippen LogP contribution < -0.4 is 0 Å². The number of rotatable bonds is 8. The number of nitrogens with zero attached hydrogens (tertiary/aromatic N) is 6. The minimum Gasteiger partial charge on any atom is -0.395 e. The van der Waals surface area contributed by atoms with Crippen molar-refractivity contribution in [3.63, 3.8) is 0 Å². The van der Waals surface area contributed by atoms with Crippen LogP contribution in [0.25, 0.3) is 0 Å². The van der Waals surface area contributed by atoms with Crippen LogP contribution in [-0.2, 0) is 26.2 Å². The van der Waals surface area contributed by atoms with E-state index in [1.165, 1.54) is 0 Å². The first-order valence-corrected chi connectivity index (χ1v) is 12.9. The van der Waals surface area contributed by atoms with E-state index >= 15 is 0 Å². The van der Waals surface area contributed by atoms with Crippen molar-refractivity contribution in [1.29, 1.82) is 0 Å². The molecule has 200 valence electrons. The normalized spacial score (nSPS) is 18.1. The fourth-order valence-electron chi connectivity index (χ4n) is 4.54. The number of aliphatic hydroxyl groups excluding tert-OH is 4. The van der Waals surface area contributed by atoms with Crippen LogP contribution >= 0.6 is 0 Å². The maximum absolute atomic E-state index is 9.63. The number of pyridine rings is 2. The molecule has 0 aliphatic carbocycles. The third-order valence-corrected chi connectivity index (χ3v) is 6.40. The molecule has 1 aliphatic heterocycles. The Labute approximate surface area is 214 Å². The number of hydrogen-bond acceptors (Lipinski definition) is 10. The predicted octanol–water partition coefficient (Wildman–Crippen LogP) is -0.632. The molecule has 0 aromatic carbocycles. The molecule has 4 N–H and O–H groups in total. The Bertz CT molecular complexity index is 755. The van der Waals surface area contributed by atoms with Crippen LogP contribution in [-0.4, -0.2) is 129 Å². The Kier molecular flexibility index (Phi) is 12.7. The monoisotopic (exact) mass is 502 g/mol. The highest BCUT2D eigenvalue weighted by Gasteiger charge is 2.15.